The Hall–Kier alpha value is -4.95. The molecule has 4 aromatic rings. The van der Waals surface area contributed by atoms with Crippen LogP contribution in [0.2, 0.25) is 0 Å². The molecule has 1 unspecified atom stereocenters. The van der Waals surface area contributed by atoms with Gasteiger partial charge < -0.3 is 24.8 Å². The number of hydrogen-bond acceptors (Lipinski definition) is 7. The molecule has 0 fully saturated rings. The number of carbonyl (C=O) groups is 1. The van der Waals surface area contributed by atoms with Gasteiger partial charge in [0.15, 0.2) is 17.3 Å². The zero-order chi connectivity index (χ0) is 30.2. The van der Waals surface area contributed by atoms with Gasteiger partial charge in [-0.2, -0.15) is 0 Å². The fraction of sp³-hybridized carbons (Fsp3) is 0.171. The molecule has 1 aliphatic rings. The Bertz CT molecular complexity index is 1640. The van der Waals surface area contributed by atoms with Gasteiger partial charge in [-0.3, -0.25) is 9.79 Å². The second kappa shape index (κ2) is 13.8. The van der Waals surface area contributed by atoms with Crippen molar-refractivity contribution in [1.82, 2.24) is 0 Å². The third-order valence-corrected chi connectivity index (χ3v) is 7.53. The van der Waals surface area contributed by atoms with Gasteiger partial charge in [-0.05, 0) is 54.3 Å². The number of thiocarbonyl (C=S) groups is 1. The standard InChI is InChI=1S/C35H33N3O4S/c1-40-31-18-23(19-32(41-2)34(31)42-3)22-36-27-16-10-11-17-28(27)38-29-20-25(24-12-6-4-7-13-24)21-30(39)33(29)35(43)37-26-14-8-5-9-15-26/h4-19,22,25,38H,20-21H2,1-3H3,(H,37,43). The fourth-order valence-corrected chi connectivity index (χ4v) is 5.50. The summed E-state index contributed by atoms with van der Waals surface area (Å²) >= 11 is 5.80. The minimum Gasteiger partial charge on any atom is -0.493 e. The number of hydrogen-bond donors (Lipinski definition) is 2. The van der Waals surface area contributed by atoms with Gasteiger partial charge in [0.1, 0.15) is 4.99 Å². The topological polar surface area (TPSA) is 81.2 Å². The van der Waals surface area contributed by atoms with E-state index >= 15 is 0 Å². The van der Waals surface area contributed by atoms with Crippen molar-refractivity contribution in [1.29, 1.82) is 0 Å². The normalized spacial score (nSPS) is 14.9. The summed E-state index contributed by atoms with van der Waals surface area (Å²) in [5, 5.41) is 6.80. The molecule has 5 rings (SSSR count). The number of ether oxygens (including phenoxy) is 3. The molecule has 0 aromatic heterocycles. The zero-order valence-corrected chi connectivity index (χ0v) is 25.1. The number of rotatable bonds is 10. The number of para-hydroxylation sites is 3. The first kappa shape index (κ1) is 29.5. The average molecular weight is 592 g/mol. The molecule has 0 spiro atoms. The van der Waals surface area contributed by atoms with Gasteiger partial charge in [-0.1, -0.05) is 72.9 Å². The molecule has 218 valence electrons. The van der Waals surface area contributed by atoms with Crippen molar-refractivity contribution >= 4 is 46.3 Å². The first-order valence-corrected chi connectivity index (χ1v) is 14.3. The van der Waals surface area contributed by atoms with Gasteiger partial charge in [-0.15, -0.1) is 0 Å². The lowest BCUT2D eigenvalue weighted by atomic mass is 9.81. The number of Topliss-reactive ketones (excluding diaryl/α,β-unsaturated/α-hetero) is 1. The van der Waals surface area contributed by atoms with E-state index in [9.17, 15) is 4.79 Å². The van der Waals surface area contributed by atoms with Crippen molar-refractivity contribution in [3.8, 4) is 17.2 Å². The van der Waals surface area contributed by atoms with Crippen molar-refractivity contribution in [2.75, 3.05) is 32.0 Å². The second-order valence-corrected chi connectivity index (χ2v) is 10.4. The first-order chi connectivity index (χ1) is 21.0. The lowest BCUT2D eigenvalue weighted by Gasteiger charge is -2.28. The molecule has 4 aromatic carbocycles. The summed E-state index contributed by atoms with van der Waals surface area (Å²) in [6, 6.07) is 31.1. The third-order valence-electron chi connectivity index (χ3n) is 7.22. The average Bonchev–Trinajstić information content (AvgIpc) is 3.04. The molecule has 0 saturated heterocycles. The van der Waals surface area contributed by atoms with Crippen LogP contribution in [0, 0.1) is 0 Å². The number of ketones is 1. The summed E-state index contributed by atoms with van der Waals surface area (Å²) < 4.78 is 16.4. The minimum atomic E-state index is -0.00515. The Balaban J connectivity index is 1.50. The van der Waals surface area contributed by atoms with Gasteiger partial charge >= 0.3 is 0 Å². The van der Waals surface area contributed by atoms with E-state index in [0.717, 1.165) is 28.2 Å². The second-order valence-electron chi connectivity index (χ2n) is 9.97. The van der Waals surface area contributed by atoms with Crippen LogP contribution >= 0.6 is 12.2 Å². The molecule has 0 aliphatic heterocycles. The lowest BCUT2D eigenvalue weighted by Crippen LogP contribution is -2.29. The van der Waals surface area contributed by atoms with E-state index < -0.39 is 0 Å². The molecule has 43 heavy (non-hydrogen) atoms. The summed E-state index contributed by atoms with van der Waals surface area (Å²) in [4.78, 5) is 18.9. The molecular weight excluding hydrogens is 558 g/mol. The molecule has 1 atom stereocenters. The fourth-order valence-electron chi connectivity index (χ4n) is 5.14. The van der Waals surface area contributed by atoms with Crippen LogP contribution in [0.5, 0.6) is 17.2 Å². The van der Waals surface area contributed by atoms with Gasteiger partial charge in [0, 0.05) is 29.6 Å². The molecule has 0 heterocycles. The summed E-state index contributed by atoms with van der Waals surface area (Å²) in [7, 11) is 4.72. The van der Waals surface area contributed by atoms with Crippen LogP contribution in [0.4, 0.5) is 17.1 Å². The van der Waals surface area contributed by atoms with Crippen molar-refractivity contribution in [3.05, 3.63) is 119 Å². The number of aliphatic imine (C=N–C) groups is 1. The van der Waals surface area contributed by atoms with Crippen LogP contribution in [0.15, 0.2) is 113 Å². The maximum atomic E-state index is 13.7. The molecule has 0 amide bonds. The third kappa shape index (κ3) is 6.93. The predicted octanol–water partition coefficient (Wildman–Crippen LogP) is 7.72. The quantitative estimate of drug-likeness (QED) is 0.144. The van der Waals surface area contributed by atoms with Gasteiger partial charge in [0.05, 0.1) is 38.3 Å². The highest BCUT2D eigenvalue weighted by Crippen LogP contribution is 2.39. The van der Waals surface area contributed by atoms with E-state index in [-0.39, 0.29) is 11.7 Å². The molecule has 0 bridgehead atoms. The monoisotopic (exact) mass is 591 g/mol. The van der Waals surface area contributed by atoms with Gasteiger partial charge in [-0.25, -0.2) is 0 Å². The first-order valence-electron chi connectivity index (χ1n) is 13.9. The number of nitrogens with one attached hydrogen (secondary N) is 2. The van der Waals surface area contributed by atoms with Crippen LogP contribution in [0.1, 0.15) is 29.9 Å². The number of carbonyl (C=O) groups excluding carboxylic acids is 1. The van der Waals surface area contributed by atoms with Crippen LogP contribution in [-0.4, -0.2) is 38.3 Å². The molecule has 7 nitrogen and oxygen atoms in total. The summed E-state index contributed by atoms with van der Waals surface area (Å²) in [6.45, 7) is 0. The maximum Gasteiger partial charge on any atom is 0.203 e. The Morgan fingerprint density at radius 1 is 0.837 bits per heavy atom. The van der Waals surface area contributed by atoms with E-state index in [1.165, 1.54) is 0 Å². The maximum absolute atomic E-state index is 13.7. The summed E-state index contributed by atoms with van der Waals surface area (Å²) in [6.07, 6.45) is 2.73. The van der Waals surface area contributed by atoms with Crippen molar-refractivity contribution in [2.24, 2.45) is 4.99 Å². The van der Waals surface area contributed by atoms with Gasteiger partial charge in [0.25, 0.3) is 0 Å². The van der Waals surface area contributed by atoms with Crippen LogP contribution in [0.25, 0.3) is 0 Å². The largest absolute Gasteiger partial charge is 0.493 e. The van der Waals surface area contributed by atoms with E-state index in [0.29, 0.717) is 46.3 Å². The molecule has 0 saturated carbocycles. The number of allylic oxidation sites excluding steroid dienone is 1. The Labute approximate surface area is 257 Å². The van der Waals surface area contributed by atoms with E-state index in [2.05, 4.69) is 22.8 Å². The number of methoxy groups -OCH3 is 3. The number of anilines is 2. The molecule has 2 N–H and O–H groups in total. The number of benzene rings is 4. The number of nitrogens with zero attached hydrogens (tertiary/aromatic N) is 1. The van der Waals surface area contributed by atoms with Crippen molar-refractivity contribution in [2.45, 2.75) is 18.8 Å². The van der Waals surface area contributed by atoms with E-state index in [4.69, 9.17) is 31.4 Å². The van der Waals surface area contributed by atoms with Crippen molar-refractivity contribution < 1.29 is 19.0 Å². The van der Waals surface area contributed by atoms with Crippen molar-refractivity contribution in [3.63, 3.8) is 0 Å². The molecule has 0 radical (unpaired) electrons. The van der Waals surface area contributed by atoms with E-state index in [1.54, 1.807) is 27.5 Å². The van der Waals surface area contributed by atoms with Crippen LogP contribution in [0.3, 0.4) is 0 Å². The van der Waals surface area contributed by atoms with E-state index in [1.807, 2.05) is 84.9 Å². The highest BCUT2D eigenvalue weighted by atomic mass is 32.1. The lowest BCUT2D eigenvalue weighted by molar-refractivity contribution is -0.115. The van der Waals surface area contributed by atoms with Gasteiger partial charge in [0.2, 0.25) is 5.75 Å². The predicted molar refractivity (Wildman–Crippen MR) is 177 cm³/mol. The summed E-state index contributed by atoms with van der Waals surface area (Å²) in [5.41, 5.74) is 5.41. The molecule has 1 aliphatic carbocycles. The smallest absolute Gasteiger partial charge is 0.203 e. The Morgan fingerprint density at radius 3 is 2.12 bits per heavy atom. The van der Waals surface area contributed by atoms with Crippen LogP contribution < -0.4 is 24.8 Å². The Morgan fingerprint density at radius 2 is 1.47 bits per heavy atom. The SMILES string of the molecule is COc1cc(C=Nc2ccccc2NC2=C(C(=S)Nc3ccccc3)C(=O)CC(c3ccccc3)C2)cc(OC)c1OC. The molecular formula is C35H33N3O4S. The minimum absolute atomic E-state index is 0.00515. The van der Waals surface area contributed by atoms with Crippen LogP contribution in [-0.2, 0) is 4.79 Å². The highest BCUT2D eigenvalue weighted by Gasteiger charge is 2.31. The summed E-state index contributed by atoms with van der Waals surface area (Å²) in [5.74, 6) is 1.61. The highest BCUT2D eigenvalue weighted by molar-refractivity contribution is 7.81. The Kier molecular flexibility index (Phi) is 9.49. The zero-order valence-electron chi connectivity index (χ0n) is 24.3. The molecule has 8 heteroatoms.